The topological polar surface area (TPSA) is 110 Å². The van der Waals surface area contributed by atoms with E-state index in [1.807, 2.05) is 30.3 Å². The first-order chi connectivity index (χ1) is 15.0. The van der Waals surface area contributed by atoms with Crippen molar-refractivity contribution in [2.45, 2.75) is 29.4 Å². The van der Waals surface area contributed by atoms with Gasteiger partial charge in [-0.2, -0.15) is 4.31 Å². The summed E-state index contributed by atoms with van der Waals surface area (Å²) in [7, 11) is -3.53. The Balaban J connectivity index is 1.36. The molecular formula is C20H22N6O3S2. The van der Waals surface area contributed by atoms with Gasteiger partial charge in [0.25, 0.3) is 0 Å². The summed E-state index contributed by atoms with van der Waals surface area (Å²) in [5.74, 6) is -0.173. The molecule has 2 heterocycles. The molecule has 0 atom stereocenters. The first kappa shape index (κ1) is 21.5. The highest BCUT2D eigenvalue weighted by Gasteiger charge is 2.27. The Hall–Kier alpha value is -2.76. The monoisotopic (exact) mass is 458 g/mol. The molecule has 4 rings (SSSR count). The van der Waals surface area contributed by atoms with Gasteiger partial charge in [-0.1, -0.05) is 48.2 Å². The number of carbonyl (C=O) groups is 1. The van der Waals surface area contributed by atoms with Crippen molar-refractivity contribution in [2.75, 3.05) is 24.2 Å². The lowest BCUT2D eigenvalue weighted by Gasteiger charge is -2.16. The predicted octanol–water partition coefficient (Wildman–Crippen LogP) is 2.24. The molecule has 31 heavy (non-hydrogen) atoms. The zero-order chi connectivity index (χ0) is 21.7. The van der Waals surface area contributed by atoms with Gasteiger partial charge in [-0.05, 0) is 47.0 Å². The third kappa shape index (κ3) is 5.30. The molecule has 1 aromatic heterocycles. The first-order valence-corrected chi connectivity index (χ1v) is 12.3. The third-order valence-corrected chi connectivity index (χ3v) is 7.68. The Kier molecular flexibility index (Phi) is 6.64. The number of nitrogens with zero attached hydrogens (tertiary/aromatic N) is 5. The van der Waals surface area contributed by atoms with Crippen LogP contribution in [0.3, 0.4) is 0 Å². The molecule has 0 radical (unpaired) electrons. The maximum atomic E-state index is 12.7. The number of hydrogen-bond donors (Lipinski definition) is 1. The molecule has 1 aliphatic heterocycles. The largest absolute Gasteiger partial charge is 0.325 e. The van der Waals surface area contributed by atoms with Crippen molar-refractivity contribution in [1.29, 1.82) is 0 Å². The van der Waals surface area contributed by atoms with Crippen LogP contribution in [0.4, 0.5) is 5.69 Å². The SMILES string of the molecule is O=C(CSc1nnnn1Cc1ccccc1)Nc1cccc(S(=O)(=O)N2CCCC2)c1. The van der Waals surface area contributed by atoms with Crippen molar-refractivity contribution in [1.82, 2.24) is 24.5 Å². The van der Waals surface area contributed by atoms with Crippen LogP contribution in [0.25, 0.3) is 0 Å². The van der Waals surface area contributed by atoms with Crippen molar-refractivity contribution in [3.63, 3.8) is 0 Å². The molecule has 11 heteroatoms. The van der Waals surface area contributed by atoms with Crippen LogP contribution in [-0.2, 0) is 21.4 Å². The van der Waals surface area contributed by atoms with Crippen molar-refractivity contribution < 1.29 is 13.2 Å². The molecule has 0 spiro atoms. The van der Waals surface area contributed by atoms with E-state index < -0.39 is 10.0 Å². The maximum absolute atomic E-state index is 12.7. The van der Waals surface area contributed by atoms with Gasteiger partial charge in [0.1, 0.15) is 0 Å². The summed E-state index contributed by atoms with van der Waals surface area (Å²) >= 11 is 1.22. The van der Waals surface area contributed by atoms with Gasteiger partial charge in [0.2, 0.25) is 21.1 Å². The number of carbonyl (C=O) groups excluding carboxylic acids is 1. The second kappa shape index (κ2) is 9.58. The van der Waals surface area contributed by atoms with Crippen LogP contribution in [0.1, 0.15) is 18.4 Å². The highest BCUT2D eigenvalue weighted by molar-refractivity contribution is 7.99. The molecule has 3 aromatic rings. The smallest absolute Gasteiger partial charge is 0.243 e. The van der Waals surface area contributed by atoms with Gasteiger partial charge in [0, 0.05) is 18.8 Å². The Labute approximate surface area is 184 Å². The van der Waals surface area contributed by atoms with Gasteiger partial charge in [-0.3, -0.25) is 4.79 Å². The average molecular weight is 459 g/mol. The van der Waals surface area contributed by atoms with E-state index in [1.165, 1.54) is 22.1 Å². The van der Waals surface area contributed by atoms with Crippen molar-refractivity contribution in [3.8, 4) is 0 Å². The highest BCUT2D eigenvalue weighted by Crippen LogP contribution is 2.23. The van der Waals surface area contributed by atoms with E-state index in [1.54, 1.807) is 22.9 Å². The molecule has 0 saturated carbocycles. The van der Waals surface area contributed by atoms with Gasteiger partial charge in [-0.15, -0.1) is 5.10 Å². The molecule has 2 aromatic carbocycles. The lowest BCUT2D eigenvalue weighted by molar-refractivity contribution is -0.113. The van der Waals surface area contributed by atoms with Crippen molar-refractivity contribution >= 4 is 33.4 Å². The number of thioether (sulfide) groups is 1. The van der Waals surface area contributed by atoms with E-state index in [9.17, 15) is 13.2 Å². The van der Waals surface area contributed by atoms with Gasteiger partial charge in [0.05, 0.1) is 17.2 Å². The van der Waals surface area contributed by atoms with E-state index >= 15 is 0 Å². The number of rotatable bonds is 8. The zero-order valence-corrected chi connectivity index (χ0v) is 18.3. The molecule has 1 fully saturated rings. The fraction of sp³-hybridized carbons (Fsp3) is 0.300. The second-order valence-corrected chi connectivity index (χ2v) is 9.96. The lowest BCUT2D eigenvalue weighted by Crippen LogP contribution is -2.28. The number of anilines is 1. The summed E-state index contributed by atoms with van der Waals surface area (Å²) in [5, 5.41) is 14.9. The molecule has 9 nitrogen and oxygen atoms in total. The molecule has 0 aliphatic carbocycles. The standard InChI is InChI=1S/C20H22N6O3S2/c27-19(15-30-20-22-23-24-26(20)14-16-7-2-1-3-8-16)21-17-9-6-10-18(13-17)31(28,29)25-11-4-5-12-25/h1-3,6-10,13H,4-5,11-12,14-15H2,(H,21,27). The van der Waals surface area contributed by atoms with Crippen LogP contribution in [0, 0.1) is 0 Å². The minimum Gasteiger partial charge on any atom is -0.325 e. The lowest BCUT2D eigenvalue weighted by atomic mass is 10.2. The van der Waals surface area contributed by atoms with E-state index in [2.05, 4.69) is 20.8 Å². The molecule has 162 valence electrons. The summed E-state index contributed by atoms with van der Waals surface area (Å²) in [6.07, 6.45) is 1.74. The molecule has 1 saturated heterocycles. The normalized spacial score (nSPS) is 14.6. The van der Waals surface area contributed by atoms with Crippen LogP contribution in [-0.4, -0.2) is 57.7 Å². The molecule has 0 bridgehead atoms. The van der Waals surface area contributed by atoms with E-state index in [0.717, 1.165) is 18.4 Å². The van der Waals surface area contributed by atoms with Crippen LogP contribution in [0.5, 0.6) is 0 Å². The third-order valence-electron chi connectivity index (χ3n) is 4.83. The predicted molar refractivity (Wildman–Crippen MR) is 117 cm³/mol. The highest BCUT2D eigenvalue weighted by atomic mass is 32.2. The molecule has 1 N–H and O–H groups in total. The number of hydrogen-bond acceptors (Lipinski definition) is 7. The Bertz CT molecular complexity index is 1140. The Morgan fingerprint density at radius 2 is 1.84 bits per heavy atom. The molecular weight excluding hydrogens is 436 g/mol. The number of sulfonamides is 1. The van der Waals surface area contributed by atoms with Crippen LogP contribution < -0.4 is 5.32 Å². The van der Waals surface area contributed by atoms with Crippen LogP contribution >= 0.6 is 11.8 Å². The quantitative estimate of drug-likeness (QED) is 0.516. The Morgan fingerprint density at radius 3 is 2.61 bits per heavy atom. The van der Waals surface area contributed by atoms with Crippen LogP contribution in [0.2, 0.25) is 0 Å². The van der Waals surface area contributed by atoms with Gasteiger partial charge >= 0.3 is 0 Å². The fourth-order valence-corrected chi connectivity index (χ4v) is 5.53. The number of amides is 1. The first-order valence-electron chi connectivity index (χ1n) is 9.85. The summed E-state index contributed by atoms with van der Waals surface area (Å²) in [6.45, 7) is 1.58. The zero-order valence-electron chi connectivity index (χ0n) is 16.7. The second-order valence-electron chi connectivity index (χ2n) is 7.08. The summed E-state index contributed by atoms with van der Waals surface area (Å²) in [4.78, 5) is 12.6. The number of benzene rings is 2. The van der Waals surface area contributed by atoms with Crippen molar-refractivity contribution in [3.05, 3.63) is 60.2 Å². The number of nitrogens with one attached hydrogen (secondary N) is 1. The summed E-state index contributed by atoms with van der Waals surface area (Å²) in [6, 6.07) is 16.1. The Morgan fingerprint density at radius 1 is 1.06 bits per heavy atom. The van der Waals surface area contributed by atoms with Crippen molar-refractivity contribution in [2.24, 2.45) is 0 Å². The van der Waals surface area contributed by atoms with Crippen LogP contribution in [0.15, 0.2) is 64.6 Å². The minimum atomic E-state index is -3.53. The number of tetrazole rings is 1. The van der Waals surface area contributed by atoms with Gasteiger partial charge in [0.15, 0.2) is 0 Å². The molecule has 1 amide bonds. The average Bonchev–Trinajstić information content (AvgIpc) is 3.46. The maximum Gasteiger partial charge on any atom is 0.243 e. The van der Waals surface area contributed by atoms with E-state index in [0.29, 0.717) is 30.5 Å². The summed E-state index contributed by atoms with van der Waals surface area (Å²) < 4.78 is 28.6. The van der Waals surface area contributed by atoms with E-state index in [4.69, 9.17) is 0 Å². The molecule has 1 aliphatic rings. The minimum absolute atomic E-state index is 0.0955. The summed E-state index contributed by atoms with van der Waals surface area (Å²) in [5.41, 5.74) is 1.49. The fourth-order valence-electron chi connectivity index (χ4n) is 3.29. The van der Waals surface area contributed by atoms with Gasteiger partial charge < -0.3 is 5.32 Å². The van der Waals surface area contributed by atoms with E-state index in [-0.39, 0.29) is 16.6 Å². The van der Waals surface area contributed by atoms with Gasteiger partial charge in [-0.25, -0.2) is 13.1 Å². The molecule has 0 unspecified atom stereocenters. The number of aromatic nitrogens is 4.